The molecule has 0 saturated heterocycles. The fourth-order valence-corrected chi connectivity index (χ4v) is 9.17. The predicted molar refractivity (Wildman–Crippen MR) is 227 cm³/mol. The molecule has 12 rings (SSSR count). The minimum atomic E-state index is -0.354. The summed E-state index contributed by atoms with van der Waals surface area (Å²) in [5, 5.41) is 16.3. The Balaban J connectivity index is 1.12. The monoisotopic (exact) mass is 688 g/mol. The van der Waals surface area contributed by atoms with Gasteiger partial charge in [0.15, 0.2) is 0 Å². The van der Waals surface area contributed by atoms with Gasteiger partial charge in [-0.1, -0.05) is 140 Å². The quantitative estimate of drug-likeness (QED) is 0.197. The van der Waals surface area contributed by atoms with Crippen LogP contribution >= 0.6 is 0 Å². The zero-order valence-electron chi connectivity index (χ0n) is 29.2. The Hall–Kier alpha value is -7.17. The molecule has 0 amide bonds. The molecule has 0 aliphatic carbocycles. The maximum Gasteiger partial charge on any atom is 0.201 e. The molecule has 1 atom stereocenters. The van der Waals surface area contributed by atoms with Crippen LogP contribution in [0.4, 0.5) is 5.69 Å². The number of anilines is 1. The largest absolute Gasteiger partial charge is 0.346 e. The van der Waals surface area contributed by atoms with Crippen LogP contribution in [0.3, 0.4) is 0 Å². The fourth-order valence-electron chi connectivity index (χ4n) is 9.17. The van der Waals surface area contributed by atoms with E-state index in [9.17, 15) is 0 Å². The van der Waals surface area contributed by atoms with Crippen LogP contribution in [-0.2, 0) is 0 Å². The van der Waals surface area contributed by atoms with Gasteiger partial charge in [-0.25, -0.2) is 4.99 Å². The molecule has 0 fully saturated rings. The van der Waals surface area contributed by atoms with E-state index in [0.717, 1.165) is 39.2 Å². The van der Waals surface area contributed by atoms with E-state index in [0.29, 0.717) is 0 Å². The molecule has 0 spiro atoms. The first kappa shape index (κ1) is 29.4. The number of aliphatic imine (C=N–C) groups is 1. The van der Waals surface area contributed by atoms with Gasteiger partial charge in [-0.2, -0.15) is 0 Å². The summed E-state index contributed by atoms with van der Waals surface area (Å²) in [6, 6.07) is 66.0. The normalized spacial score (nSPS) is 14.4. The van der Waals surface area contributed by atoms with Crippen molar-refractivity contribution in [3.8, 4) is 5.69 Å². The molecule has 2 aromatic heterocycles. The SMILES string of the molecule is c1ccc2c(c1)NC(n1c3ccccc3c3cc(-n4c5ccc6ccccc6c5c5c6ccccc6ccc54)ccc31)N=C2c1cccc2ccccc12. The van der Waals surface area contributed by atoms with Gasteiger partial charge in [-0.15, -0.1) is 0 Å². The molecule has 4 nitrogen and oxygen atoms in total. The van der Waals surface area contributed by atoms with Crippen molar-refractivity contribution in [2.45, 2.75) is 6.29 Å². The topological polar surface area (TPSA) is 34.2 Å². The maximum atomic E-state index is 5.56. The lowest BCUT2D eigenvalue weighted by Crippen LogP contribution is -2.25. The van der Waals surface area contributed by atoms with Crippen LogP contribution in [0.25, 0.3) is 81.6 Å². The number of fused-ring (bicyclic) bond motifs is 12. The van der Waals surface area contributed by atoms with E-state index in [1.54, 1.807) is 0 Å². The Kier molecular flexibility index (Phi) is 6.08. The third kappa shape index (κ3) is 4.11. The third-order valence-corrected chi connectivity index (χ3v) is 11.5. The Morgan fingerprint density at radius 1 is 0.407 bits per heavy atom. The molecule has 252 valence electrons. The minimum absolute atomic E-state index is 0.354. The first-order valence-electron chi connectivity index (χ1n) is 18.6. The molecule has 1 aliphatic heterocycles. The smallest absolute Gasteiger partial charge is 0.201 e. The summed E-state index contributed by atoms with van der Waals surface area (Å²) in [7, 11) is 0. The van der Waals surface area contributed by atoms with Crippen LogP contribution in [0.2, 0.25) is 0 Å². The van der Waals surface area contributed by atoms with Crippen molar-refractivity contribution in [1.29, 1.82) is 0 Å². The summed E-state index contributed by atoms with van der Waals surface area (Å²) in [5.41, 5.74) is 10.2. The van der Waals surface area contributed by atoms with E-state index >= 15 is 0 Å². The van der Waals surface area contributed by atoms with Gasteiger partial charge < -0.3 is 14.5 Å². The number of nitrogens with zero attached hydrogens (tertiary/aromatic N) is 3. The lowest BCUT2D eigenvalue weighted by Gasteiger charge is -2.28. The summed E-state index contributed by atoms with van der Waals surface area (Å²) in [4.78, 5) is 5.56. The summed E-state index contributed by atoms with van der Waals surface area (Å²) >= 11 is 0. The van der Waals surface area contributed by atoms with Crippen molar-refractivity contribution in [1.82, 2.24) is 9.13 Å². The van der Waals surface area contributed by atoms with Gasteiger partial charge >= 0.3 is 0 Å². The molecule has 1 aliphatic rings. The number of hydrogen-bond donors (Lipinski definition) is 1. The average molecular weight is 689 g/mol. The second kappa shape index (κ2) is 11.2. The Labute approximate surface area is 310 Å². The summed E-state index contributed by atoms with van der Waals surface area (Å²) in [5.74, 6) is 0. The summed E-state index contributed by atoms with van der Waals surface area (Å²) in [6.07, 6.45) is -0.354. The minimum Gasteiger partial charge on any atom is -0.346 e. The molecule has 0 saturated carbocycles. The van der Waals surface area contributed by atoms with Crippen LogP contribution in [0.5, 0.6) is 0 Å². The molecule has 4 heteroatoms. The Morgan fingerprint density at radius 3 is 1.69 bits per heavy atom. The molecule has 0 radical (unpaired) electrons. The zero-order valence-corrected chi connectivity index (χ0v) is 29.2. The molecular weight excluding hydrogens is 657 g/mol. The maximum absolute atomic E-state index is 5.56. The molecule has 0 bridgehead atoms. The molecule has 11 aromatic rings. The molecule has 9 aromatic carbocycles. The highest BCUT2D eigenvalue weighted by atomic mass is 15.3. The number of aromatic nitrogens is 2. The van der Waals surface area contributed by atoms with Crippen LogP contribution in [-0.4, -0.2) is 14.8 Å². The lowest BCUT2D eigenvalue weighted by atomic mass is 9.94. The molecule has 1 unspecified atom stereocenters. The van der Waals surface area contributed by atoms with Crippen molar-refractivity contribution >= 4 is 87.3 Å². The van der Waals surface area contributed by atoms with Crippen LogP contribution < -0.4 is 5.32 Å². The third-order valence-electron chi connectivity index (χ3n) is 11.5. The highest BCUT2D eigenvalue weighted by Gasteiger charge is 2.26. The van der Waals surface area contributed by atoms with Gasteiger partial charge in [0.2, 0.25) is 6.29 Å². The second-order valence-corrected chi connectivity index (χ2v) is 14.4. The van der Waals surface area contributed by atoms with Gasteiger partial charge in [0, 0.05) is 44.0 Å². The molecule has 1 N–H and O–H groups in total. The van der Waals surface area contributed by atoms with Gasteiger partial charge in [0.05, 0.1) is 27.8 Å². The van der Waals surface area contributed by atoms with Crippen molar-refractivity contribution in [3.63, 3.8) is 0 Å². The fraction of sp³-hybridized carbons (Fsp3) is 0.0200. The van der Waals surface area contributed by atoms with E-state index in [1.165, 1.54) is 64.9 Å². The predicted octanol–water partition coefficient (Wildman–Crippen LogP) is 12.8. The average Bonchev–Trinajstić information content (AvgIpc) is 3.76. The van der Waals surface area contributed by atoms with Crippen molar-refractivity contribution in [2.24, 2.45) is 4.99 Å². The van der Waals surface area contributed by atoms with Crippen molar-refractivity contribution in [2.75, 3.05) is 5.32 Å². The van der Waals surface area contributed by atoms with E-state index in [4.69, 9.17) is 4.99 Å². The Morgan fingerprint density at radius 2 is 0.944 bits per heavy atom. The molecular formula is C50H32N4. The van der Waals surface area contributed by atoms with Crippen LogP contribution in [0, 0.1) is 0 Å². The lowest BCUT2D eigenvalue weighted by molar-refractivity contribution is 0.624. The van der Waals surface area contributed by atoms with E-state index < -0.39 is 0 Å². The number of para-hydroxylation sites is 2. The first-order chi connectivity index (χ1) is 26.8. The van der Waals surface area contributed by atoms with Gasteiger partial charge in [-0.3, -0.25) is 0 Å². The van der Waals surface area contributed by atoms with E-state index in [1.807, 2.05) is 0 Å². The number of hydrogen-bond acceptors (Lipinski definition) is 2. The second-order valence-electron chi connectivity index (χ2n) is 14.4. The highest BCUT2D eigenvalue weighted by molar-refractivity contribution is 6.28. The van der Waals surface area contributed by atoms with Crippen LogP contribution in [0.15, 0.2) is 187 Å². The summed E-state index contributed by atoms with van der Waals surface area (Å²) < 4.78 is 4.84. The number of benzene rings is 9. The Bertz CT molecular complexity index is 3280. The molecule has 3 heterocycles. The van der Waals surface area contributed by atoms with Crippen molar-refractivity contribution in [3.05, 3.63) is 193 Å². The standard InChI is InChI=1S/C50H32N4/c1-4-16-35-31(12-1)15-11-21-39(35)49-40-20-7-9-22-42(40)51-50(52-49)54-43-23-10-8-19-38(43)41-30-34(26-29-44(41)54)53-45-27-24-32-13-2-5-17-36(32)47(45)48-37-18-6-3-14-33(37)25-28-46(48)53/h1-30,50-51H. The van der Waals surface area contributed by atoms with Crippen molar-refractivity contribution < 1.29 is 0 Å². The number of rotatable bonds is 3. The number of nitrogens with one attached hydrogen (secondary N) is 1. The van der Waals surface area contributed by atoms with Crippen LogP contribution in [0.1, 0.15) is 17.4 Å². The van der Waals surface area contributed by atoms with Gasteiger partial charge in [0.1, 0.15) is 0 Å². The van der Waals surface area contributed by atoms with E-state index in [2.05, 4.69) is 196 Å². The molecule has 54 heavy (non-hydrogen) atoms. The zero-order chi connectivity index (χ0) is 35.3. The first-order valence-corrected chi connectivity index (χ1v) is 18.6. The van der Waals surface area contributed by atoms with Gasteiger partial charge in [0.25, 0.3) is 0 Å². The van der Waals surface area contributed by atoms with Gasteiger partial charge in [-0.05, 0) is 74.8 Å². The highest BCUT2D eigenvalue weighted by Crippen LogP contribution is 2.43. The van der Waals surface area contributed by atoms with E-state index in [-0.39, 0.29) is 6.29 Å². The summed E-state index contributed by atoms with van der Waals surface area (Å²) in [6.45, 7) is 0.